The van der Waals surface area contributed by atoms with Crippen molar-refractivity contribution in [3.05, 3.63) is 47.4 Å². The molecule has 0 bridgehead atoms. The molecule has 2 rings (SSSR count). The maximum absolute atomic E-state index is 10.4. The first kappa shape index (κ1) is 12.5. The summed E-state index contributed by atoms with van der Waals surface area (Å²) in [6.45, 7) is 1.88. The molecule has 1 atom stereocenters. The fraction of sp³-hybridized carbons (Fsp3) is 0.286. The van der Waals surface area contributed by atoms with Crippen molar-refractivity contribution in [3.8, 4) is 11.5 Å². The fourth-order valence-electron chi connectivity index (χ4n) is 1.86. The van der Waals surface area contributed by atoms with Gasteiger partial charge in [-0.25, -0.2) is 0 Å². The van der Waals surface area contributed by atoms with Crippen molar-refractivity contribution in [1.29, 1.82) is 0 Å². The SMILES string of the molecule is COc1ccc(OC)c(C(O)c2occc2C)c1. The lowest BCUT2D eigenvalue weighted by Gasteiger charge is -2.15. The molecule has 0 amide bonds. The van der Waals surface area contributed by atoms with E-state index in [1.165, 1.54) is 0 Å². The van der Waals surface area contributed by atoms with Gasteiger partial charge < -0.3 is 19.0 Å². The smallest absolute Gasteiger partial charge is 0.141 e. The number of methoxy groups -OCH3 is 2. The first-order valence-electron chi connectivity index (χ1n) is 5.61. The largest absolute Gasteiger partial charge is 0.497 e. The van der Waals surface area contributed by atoms with Gasteiger partial charge in [0.2, 0.25) is 0 Å². The van der Waals surface area contributed by atoms with Crippen LogP contribution >= 0.6 is 0 Å². The van der Waals surface area contributed by atoms with Crippen LogP contribution in [0.25, 0.3) is 0 Å². The van der Waals surface area contributed by atoms with Gasteiger partial charge in [-0.05, 0) is 36.8 Å². The number of furan rings is 1. The van der Waals surface area contributed by atoms with Gasteiger partial charge in [-0.15, -0.1) is 0 Å². The Kier molecular flexibility index (Phi) is 3.58. The molecule has 0 aliphatic rings. The topological polar surface area (TPSA) is 51.8 Å². The fourth-order valence-corrected chi connectivity index (χ4v) is 1.86. The molecule has 4 heteroatoms. The second-order valence-corrected chi connectivity index (χ2v) is 3.98. The van der Waals surface area contributed by atoms with E-state index < -0.39 is 6.10 Å². The highest BCUT2D eigenvalue weighted by atomic mass is 16.5. The highest BCUT2D eigenvalue weighted by Gasteiger charge is 2.20. The summed E-state index contributed by atoms with van der Waals surface area (Å²) in [7, 11) is 3.14. The summed E-state index contributed by atoms with van der Waals surface area (Å²) in [4.78, 5) is 0. The molecule has 0 saturated carbocycles. The summed E-state index contributed by atoms with van der Waals surface area (Å²) in [6, 6.07) is 7.09. The third-order valence-corrected chi connectivity index (χ3v) is 2.88. The highest BCUT2D eigenvalue weighted by Crippen LogP contribution is 2.34. The zero-order valence-electron chi connectivity index (χ0n) is 10.6. The van der Waals surface area contributed by atoms with Gasteiger partial charge in [0.05, 0.1) is 20.5 Å². The summed E-state index contributed by atoms with van der Waals surface area (Å²) < 4.78 is 15.7. The molecular weight excluding hydrogens is 232 g/mol. The van der Waals surface area contributed by atoms with Gasteiger partial charge in [-0.3, -0.25) is 0 Å². The lowest BCUT2D eigenvalue weighted by atomic mass is 10.0. The minimum atomic E-state index is -0.870. The molecule has 0 aliphatic carbocycles. The van der Waals surface area contributed by atoms with Crippen LogP contribution in [0.4, 0.5) is 0 Å². The van der Waals surface area contributed by atoms with Crippen LogP contribution in [0.15, 0.2) is 34.9 Å². The number of hydrogen-bond acceptors (Lipinski definition) is 4. The van der Waals surface area contributed by atoms with Crippen molar-refractivity contribution in [2.45, 2.75) is 13.0 Å². The first-order chi connectivity index (χ1) is 8.67. The Balaban J connectivity index is 2.45. The third-order valence-electron chi connectivity index (χ3n) is 2.88. The predicted molar refractivity (Wildman–Crippen MR) is 67.1 cm³/mol. The maximum atomic E-state index is 10.4. The van der Waals surface area contributed by atoms with E-state index in [0.717, 1.165) is 5.56 Å². The molecule has 1 heterocycles. The Morgan fingerprint density at radius 1 is 1.17 bits per heavy atom. The van der Waals surface area contributed by atoms with E-state index in [1.807, 2.05) is 13.0 Å². The number of aryl methyl sites for hydroxylation is 1. The summed E-state index contributed by atoms with van der Waals surface area (Å²) in [5.74, 6) is 1.77. The Hall–Kier alpha value is -1.94. The second kappa shape index (κ2) is 5.14. The van der Waals surface area contributed by atoms with E-state index in [0.29, 0.717) is 22.8 Å². The average molecular weight is 248 g/mol. The number of ether oxygens (including phenoxy) is 2. The van der Waals surface area contributed by atoms with Crippen molar-refractivity contribution in [2.75, 3.05) is 14.2 Å². The van der Waals surface area contributed by atoms with Crippen LogP contribution < -0.4 is 9.47 Å². The maximum Gasteiger partial charge on any atom is 0.141 e. The normalized spacial score (nSPS) is 12.2. The lowest BCUT2D eigenvalue weighted by molar-refractivity contribution is 0.183. The molecular formula is C14H16O4. The number of aliphatic hydroxyl groups is 1. The Bertz CT molecular complexity index is 530. The molecule has 0 spiro atoms. The Morgan fingerprint density at radius 3 is 2.50 bits per heavy atom. The van der Waals surface area contributed by atoms with Gasteiger partial charge in [0.15, 0.2) is 0 Å². The highest BCUT2D eigenvalue weighted by molar-refractivity contribution is 5.44. The number of hydrogen-bond donors (Lipinski definition) is 1. The summed E-state index contributed by atoms with van der Waals surface area (Å²) in [5.41, 5.74) is 1.52. The van der Waals surface area contributed by atoms with Crippen molar-refractivity contribution < 1.29 is 19.0 Å². The number of rotatable bonds is 4. The van der Waals surface area contributed by atoms with Crippen LogP contribution in [0.5, 0.6) is 11.5 Å². The minimum absolute atomic E-state index is 0.515. The van der Waals surface area contributed by atoms with Crippen LogP contribution in [0.3, 0.4) is 0 Å². The van der Waals surface area contributed by atoms with Crippen LogP contribution in [-0.2, 0) is 0 Å². The molecule has 0 fully saturated rings. The molecule has 96 valence electrons. The van der Waals surface area contributed by atoms with Crippen LogP contribution in [0.2, 0.25) is 0 Å². The van der Waals surface area contributed by atoms with Gasteiger partial charge in [0, 0.05) is 5.56 Å². The third kappa shape index (κ3) is 2.19. The van der Waals surface area contributed by atoms with Gasteiger partial charge in [0.1, 0.15) is 23.4 Å². The summed E-state index contributed by atoms with van der Waals surface area (Å²) in [6.07, 6.45) is 0.686. The molecule has 1 unspecified atom stereocenters. The zero-order valence-corrected chi connectivity index (χ0v) is 10.6. The molecule has 2 aromatic rings. The van der Waals surface area contributed by atoms with E-state index >= 15 is 0 Å². The predicted octanol–water partition coefficient (Wildman–Crippen LogP) is 2.69. The standard InChI is InChI=1S/C14H16O4/c1-9-6-7-18-14(9)13(15)11-8-10(16-2)4-5-12(11)17-3/h4-8,13,15H,1-3H3. The second-order valence-electron chi connectivity index (χ2n) is 3.98. The van der Waals surface area contributed by atoms with E-state index in [-0.39, 0.29) is 0 Å². The molecule has 1 aromatic heterocycles. The molecule has 18 heavy (non-hydrogen) atoms. The van der Waals surface area contributed by atoms with Crippen molar-refractivity contribution in [2.24, 2.45) is 0 Å². The van der Waals surface area contributed by atoms with Crippen LogP contribution in [0, 0.1) is 6.92 Å². The van der Waals surface area contributed by atoms with E-state index in [9.17, 15) is 5.11 Å². The van der Waals surface area contributed by atoms with Crippen LogP contribution in [-0.4, -0.2) is 19.3 Å². The Morgan fingerprint density at radius 2 is 1.94 bits per heavy atom. The summed E-state index contributed by atoms with van der Waals surface area (Å²) in [5, 5.41) is 10.4. The van der Waals surface area contributed by atoms with Gasteiger partial charge in [0.25, 0.3) is 0 Å². The van der Waals surface area contributed by atoms with Crippen molar-refractivity contribution in [1.82, 2.24) is 0 Å². The monoisotopic (exact) mass is 248 g/mol. The van der Waals surface area contributed by atoms with E-state index in [2.05, 4.69) is 0 Å². The van der Waals surface area contributed by atoms with E-state index in [1.54, 1.807) is 38.7 Å². The zero-order chi connectivity index (χ0) is 13.1. The van der Waals surface area contributed by atoms with Crippen molar-refractivity contribution >= 4 is 0 Å². The number of aliphatic hydroxyl groups excluding tert-OH is 1. The van der Waals surface area contributed by atoms with Gasteiger partial charge in [-0.2, -0.15) is 0 Å². The molecule has 4 nitrogen and oxygen atoms in total. The quantitative estimate of drug-likeness (QED) is 0.903. The average Bonchev–Trinajstić information content (AvgIpc) is 2.83. The molecule has 0 radical (unpaired) electrons. The molecule has 0 saturated heterocycles. The molecule has 0 aliphatic heterocycles. The minimum Gasteiger partial charge on any atom is -0.497 e. The Labute approximate surface area is 106 Å². The van der Waals surface area contributed by atoms with Crippen LogP contribution in [0.1, 0.15) is 23.0 Å². The molecule has 1 N–H and O–H groups in total. The van der Waals surface area contributed by atoms with Gasteiger partial charge in [-0.1, -0.05) is 0 Å². The first-order valence-corrected chi connectivity index (χ1v) is 5.61. The van der Waals surface area contributed by atoms with Crippen molar-refractivity contribution in [3.63, 3.8) is 0 Å². The lowest BCUT2D eigenvalue weighted by Crippen LogP contribution is -2.03. The number of benzene rings is 1. The summed E-state index contributed by atoms with van der Waals surface area (Å²) >= 11 is 0. The van der Waals surface area contributed by atoms with E-state index in [4.69, 9.17) is 13.9 Å². The molecule has 1 aromatic carbocycles. The van der Waals surface area contributed by atoms with Gasteiger partial charge >= 0.3 is 0 Å².